The molecule has 8 heteroatoms. The number of aryl methyl sites for hydroxylation is 1. The smallest absolute Gasteiger partial charge is 0.358 e. The van der Waals surface area contributed by atoms with Gasteiger partial charge in [0.05, 0.1) is 18.0 Å². The summed E-state index contributed by atoms with van der Waals surface area (Å²) in [5, 5.41) is 6.96. The van der Waals surface area contributed by atoms with E-state index in [1.807, 2.05) is 31.2 Å². The number of esters is 1. The summed E-state index contributed by atoms with van der Waals surface area (Å²) in [7, 11) is 0. The van der Waals surface area contributed by atoms with E-state index >= 15 is 0 Å². The van der Waals surface area contributed by atoms with Crippen LogP contribution in [-0.4, -0.2) is 28.3 Å². The standard InChI is InChI=1S/C26H21F2N3O3/c1-3-34-26(33)22-15-23(31(30-22)19-10-4-7-16(2)13-19)17-8-5-9-18(14-17)29-25(32)24-20(27)11-6-12-21(24)28/h4-15H,3H2,1-2H3,(H,29,32). The van der Waals surface area contributed by atoms with Crippen LogP contribution in [0, 0.1) is 18.6 Å². The lowest BCUT2D eigenvalue weighted by Gasteiger charge is -2.11. The number of benzene rings is 3. The molecule has 0 saturated heterocycles. The lowest BCUT2D eigenvalue weighted by atomic mass is 10.1. The van der Waals surface area contributed by atoms with E-state index in [9.17, 15) is 18.4 Å². The number of anilines is 1. The number of ether oxygens (including phenoxy) is 1. The summed E-state index contributed by atoms with van der Waals surface area (Å²) in [6.07, 6.45) is 0. The average Bonchev–Trinajstić information content (AvgIpc) is 3.25. The number of amides is 1. The predicted molar refractivity (Wildman–Crippen MR) is 124 cm³/mol. The van der Waals surface area contributed by atoms with E-state index in [1.54, 1.807) is 41.9 Å². The maximum Gasteiger partial charge on any atom is 0.358 e. The van der Waals surface area contributed by atoms with Gasteiger partial charge in [-0.15, -0.1) is 0 Å². The molecule has 0 bridgehead atoms. The van der Waals surface area contributed by atoms with Gasteiger partial charge in [0.25, 0.3) is 5.91 Å². The summed E-state index contributed by atoms with van der Waals surface area (Å²) in [5.41, 5.74) is 2.71. The molecule has 0 aliphatic carbocycles. The summed E-state index contributed by atoms with van der Waals surface area (Å²) in [6, 6.07) is 19.1. The monoisotopic (exact) mass is 461 g/mol. The number of carbonyl (C=O) groups excluding carboxylic acids is 2. The lowest BCUT2D eigenvalue weighted by Crippen LogP contribution is -2.15. The number of hydrogen-bond donors (Lipinski definition) is 1. The van der Waals surface area contributed by atoms with Crippen LogP contribution in [0.3, 0.4) is 0 Å². The highest BCUT2D eigenvalue weighted by Gasteiger charge is 2.20. The Hall–Kier alpha value is -4.33. The second-order valence-electron chi connectivity index (χ2n) is 7.52. The van der Waals surface area contributed by atoms with Crippen molar-refractivity contribution < 1.29 is 23.1 Å². The van der Waals surface area contributed by atoms with Crippen molar-refractivity contribution >= 4 is 17.6 Å². The molecule has 0 aliphatic rings. The van der Waals surface area contributed by atoms with Gasteiger partial charge in [-0.2, -0.15) is 5.10 Å². The Morgan fingerprint density at radius 2 is 1.68 bits per heavy atom. The first-order valence-electron chi connectivity index (χ1n) is 10.6. The predicted octanol–water partition coefficient (Wildman–Crippen LogP) is 5.55. The van der Waals surface area contributed by atoms with Crippen LogP contribution in [0.4, 0.5) is 14.5 Å². The maximum atomic E-state index is 14.0. The molecule has 0 spiro atoms. The van der Waals surface area contributed by atoms with Crippen LogP contribution >= 0.6 is 0 Å². The molecule has 4 rings (SSSR count). The molecule has 1 N–H and O–H groups in total. The molecule has 34 heavy (non-hydrogen) atoms. The highest BCUT2D eigenvalue weighted by Crippen LogP contribution is 2.27. The lowest BCUT2D eigenvalue weighted by molar-refractivity contribution is 0.0518. The van der Waals surface area contributed by atoms with Crippen molar-refractivity contribution in [3.05, 3.63) is 101 Å². The summed E-state index contributed by atoms with van der Waals surface area (Å²) in [5.74, 6) is -3.38. The van der Waals surface area contributed by atoms with Crippen molar-refractivity contribution in [2.45, 2.75) is 13.8 Å². The molecule has 172 valence electrons. The quantitative estimate of drug-likeness (QED) is 0.382. The van der Waals surface area contributed by atoms with Gasteiger partial charge in [-0.05, 0) is 61.9 Å². The van der Waals surface area contributed by atoms with Gasteiger partial charge in [-0.1, -0.05) is 30.3 Å². The van der Waals surface area contributed by atoms with Crippen molar-refractivity contribution in [2.75, 3.05) is 11.9 Å². The molecule has 0 aliphatic heterocycles. The number of hydrogen-bond acceptors (Lipinski definition) is 4. The van der Waals surface area contributed by atoms with Gasteiger partial charge in [0.15, 0.2) is 5.69 Å². The van der Waals surface area contributed by atoms with Gasteiger partial charge in [0, 0.05) is 11.3 Å². The minimum atomic E-state index is -0.953. The Morgan fingerprint density at radius 1 is 0.971 bits per heavy atom. The van der Waals surface area contributed by atoms with Crippen LogP contribution in [-0.2, 0) is 4.74 Å². The first-order valence-corrected chi connectivity index (χ1v) is 10.6. The Labute approximate surface area is 194 Å². The zero-order valence-corrected chi connectivity index (χ0v) is 18.5. The van der Waals surface area contributed by atoms with Crippen LogP contribution in [0.1, 0.15) is 33.3 Å². The van der Waals surface area contributed by atoms with Crippen LogP contribution in [0.5, 0.6) is 0 Å². The van der Waals surface area contributed by atoms with Gasteiger partial charge < -0.3 is 10.1 Å². The van der Waals surface area contributed by atoms with E-state index in [1.165, 1.54) is 6.07 Å². The summed E-state index contributed by atoms with van der Waals surface area (Å²) in [4.78, 5) is 24.9. The van der Waals surface area contributed by atoms with Crippen LogP contribution < -0.4 is 5.32 Å². The van der Waals surface area contributed by atoms with E-state index in [0.717, 1.165) is 23.4 Å². The van der Waals surface area contributed by atoms with Gasteiger partial charge in [0.1, 0.15) is 17.2 Å². The fraction of sp³-hybridized carbons (Fsp3) is 0.115. The van der Waals surface area contributed by atoms with Crippen molar-refractivity contribution in [2.24, 2.45) is 0 Å². The summed E-state index contributed by atoms with van der Waals surface area (Å²) >= 11 is 0. The zero-order chi connectivity index (χ0) is 24.2. The normalized spacial score (nSPS) is 10.7. The molecule has 0 saturated carbocycles. The van der Waals surface area contributed by atoms with Gasteiger partial charge >= 0.3 is 5.97 Å². The third kappa shape index (κ3) is 4.71. The Bertz CT molecular complexity index is 1360. The highest BCUT2D eigenvalue weighted by atomic mass is 19.1. The molecular weight excluding hydrogens is 440 g/mol. The topological polar surface area (TPSA) is 73.2 Å². The van der Waals surface area contributed by atoms with E-state index < -0.39 is 29.1 Å². The number of carbonyl (C=O) groups is 2. The molecule has 6 nitrogen and oxygen atoms in total. The van der Waals surface area contributed by atoms with Gasteiger partial charge in [-0.25, -0.2) is 18.3 Å². The molecule has 0 fully saturated rings. The van der Waals surface area contributed by atoms with E-state index in [2.05, 4.69) is 10.4 Å². The van der Waals surface area contributed by atoms with E-state index in [0.29, 0.717) is 16.9 Å². The Balaban J connectivity index is 1.74. The third-order valence-corrected chi connectivity index (χ3v) is 5.05. The molecule has 4 aromatic rings. The average molecular weight is 461 g/mol. The SMILES string of the molecule is CCOC(=O)c1cc(-c2cccc(NC(=O)c3c(F)cccc3F)c2)n(-c2cccc(C)c2)n1. The van der Waals surface area contributed by atoms with Crippen molar-refractivity contribution in [1.29, 1.82) is 0 Å². The summed E-state index contributed by atoms with van der Waals surface area (Å²) < 4.78 is 34.7. The molecule has 1 aromatic heterocycles. The number of rotatable bonds is 6. The van der Waals surface area contributed by atoms with Gasteiger partial charge in [0.2, 0.25) is 0 Å². The number of aromatic nitrogens is 2. The van der Waals surface area contributed by atoms with Crippen molar-refractivity contribution in [1.82, 2.24) is 9.78 Å². The highest BCUT2D eigenvalue weighted by molar-refractivity contribution is 6.05. The largest absolute Gasteiger partial charge is 0.461 e. The molecule has 1 amide bonds. The minimum Gasteiger partial charge on any atom is -0.461 e. The van der Waals surface area contributed by atoms with E-state index in [-0.39, 0.29) is 12.3 Å². The van der Waals surface area contributed by atoms with Gasteiger partial charge in [-0.3, -0.25) is 4.79 Å². The molecule has 1 heterocycles. The van der Waals surface area contributed by atoms with Crippen LogP contribution in [0.15, 0.2) is 72.8 Å². The fourth-order valence-corrected chi connectivity index (χ4v) is 3.51. The van der Waals surface area contributed by atoms with E-state index in [4.69, 9.17) is 4.74 Å². The fourth-order valence-electron chi connectivity index (χ4n) is 3.51. The number of nitrogens with one attached hydrogen (secondary N) is 1. The Morgan fingerprint density at radius 3 is 2.38 bits per heavy atom. The van der Waals surface area contributed by atoms with Crippen LogP contribution in [0.2, 0.25) is 0 Å². The molecule has 0 unspecified atom stereocenters. The third-order valence-electron chi connectivity index (χ3n) is 5.05. The van der Waals surface area contributed by atoms with Crippen molar-refractivity contribution in [3.8, 4) is 16.9 Å². The second-order valence-corrected chi connectivity index (χ2v) is 7.52. The zero-order valence-electron chi connectivity index (χ0n) is 18.5. The second kappa shape index (κ2) is 9.66. The molecular formula is C26H21F2N3O3. The first-order chi connectivity index (χ1) is 16.4. The van der Waals surface area contributed by atoms with Crippen LogP contribution in [0.25, 0.3) is 16.9 Å². The number of halogens is 2. The van der Waals surface area contributed by atoms with Crippen molar-refractivity contribution in [3.63, 3.8) is 0 Å². The molecule has 3 aromatic carbocycles. The number of nitrogens with zero attached hydrogens (tertiary/aromatic N) is 2. The minimum absolute atomic E-state index is 0.126. The maximum absolute atomic E-state index is 14.0. The first kappa shape index (κ1) is 22.8. The molecule has 0 atom stereocenters. The Kier molecular flexibility index (Phi) is 6.49. The summed E-state index contributed by atoms with van der Waals surface area (Å²) in [6.45, 7) is 3.86. The molecule has 0 radical (unpaired) electrons.